The van der Waals surface area contributed by atoms with Gasteiger partial charge in [-0.15, -0.1) is 0 Å². The molecule has 0 amide bonds. The standard InChI is InChI=1S/C32H26Cl2N4O6P2S/c33-29-27(25-9-13-37(14-10-25)17-21-1-5-23(6-2-21)19-45(39,40)41)31-32(36-47-35-31)28(30(29)34)26-11-15-38(16-12-26)18-22-3-7-24(8-4-22)20-46(42,43)44/h1-16H,17-20H2,(H2-2,39,40,41,42,43,44)/p+2. The van der Waals surface area contributed by atoms with Crippen molar-refractivity contribution in [3.63, 3.8) is 0 Å². The molecule has 4 N–H and O–H groups in total. The van der Waals surface area contributed by atoms with Gasteiger partial charge in [0, 0.05) is 46.5 Å². The molecule has 6 aromatic rings. The van der Waals surface area contributed by atoms with Crippen molar-refractivity contribution in [3.05, 3.63) is 130 Å². The van der Waals surface area contributed by atoms with Crippen LogP contribution in [0.3, 0.4) is 0 Å². The molecule has 0 aliphatic rings. The highest BCUT2D eigenvalue weighted by atomic mass is 35.5. The minimum Gasteiger partial charge on any atom is -0.324 e. The Bertz CT molecular complexity index is 2000. The van der Waals surface area contributed by atoms with Gasteiger partial charge in [0.25, 0.3) is 0 Å². The highest BCUT2D eigenvalue weighted by Gasteiger charge is 2.24. The van der Waals surface area contributed by atoms with Gasteiger partial charge in [-0.3, -0.25) is 9.13 Å². The topological polar surface area (TPSA) is 149 Å². The van der Waals surface area contributed by atoms with E-state index in [-0.39, 0.29) is 12.3 Å². The van der Waals surface area contributed by atoms with Crippen LogP contribution in [0.2, 0.25) is 10.0 Å². The van der Waals surface area contributed by atoms with Crippen LogP contribution in [-0.4, -0.2) is 28.3 Å². The molecule has 0 unspecified atom stereocenters. The summed E-state index contributed by atoms with van der Waals surface area (Å²) in [4.78, 5) is 36.8. The molecule has 10 nitrogen and oxygen atoms in total. The maximum Gasteiger partial charge on any atom is 0.329 e. The second-order valence-electron chi connectivity index (χ2n) is 11.1. The first-order valence-electron chi connectivity index (χ1n) is 14.2. The molecule has 0 spiro atoms. The number of rotatable bonds is 10. The summed E-state index contributed by atoms with van der Waals surface area (Å²) in [5, 5.41) is 0.736. The number of fused-ring (bicyclic) bond motifs is 1. The predicted molar refractivity (Wildman–Crippen MR) is 181 cm³/mol. The van der Waals surface area contributed by atoms with Crippen molar-refractivity contribution in [2.24, 2.45) is 0 Å². The Balaban J connectivity index is 1.22. The average molecular weight is 730 g/mol. The van der Waals surface area contributed by atoms with Crippen molar-refractivity contribution >= 4 is 61.2 Å². The normalized spacial score (nSPS) is 12.1. The van der Waals surface area contributed by atoms with Crippen LogP contribution in [-0.2, 0) is 34.5 Å². The monoisotopic (exact) mass is 728 g/mol. The molecule has 0 fully saturated rings. The van der Waals surface area contributed by atoms with E-state index in [1.165, 1.54) is 0 Å². The molecule has 0 aliphatic carbocycles. The molecule has 240 valence electrons. The van der Waals surface area contributed by atoms with Crippen molar-refractivity contribution < 1.29 is 37.8 Å². The molecule has 47 heavy (non-hydrogen) atoms. The average Bonchev–Trinajstić information content (AvgIpc) is 3.49. The molecule has 6 rings (SSSR count). The van der Waals surface area contributed by atoms with E-state index in [9.17, 15) is 28.7 Å². The van der Waals surface area contributed by atoms with Gasteiger partial charge < -0.3 is 19.6 Å². The summed E-state index contributed by atoms with van der Waals surface area (Å²) < 4.78 is 35.7. The van der Waals surface area contributed by atoms with Gasteiger partial charge in [-0.25, -0.2) is 9.13 Å². The van der Waals surface area contributed by atoms with Crippen LogP contribution in [0.1, 0.15) is 22.3 Å². The van der Waals surface area contributed by atoms with E-state index in [0.29, 0.717) is 56.4 Å². The third kappa shape index (κ3) is 8.21. The Labute approximate surface area is 284 Å². The first-order valence-corrected chi connectivity index (χ1v) is 19.3. The maximum atomic E-state index is 11.3. The summed E-state index contributed by atoms with van der Waals surface area (Å²) in [6, 6.07) is 22.0. The number of aromatic nitrogens is 4. The molecule has 0 atom stereocenters. The zero-order valence-corrected chi connectivity index (χ0v) is 28.6. The number of pyridine rings is 2. The fourth-order valence-corrected chi connectivity index (χ4v) is 7.85. The lowest BCUT2D eigenvalue weighted by atomic mass is 9.98. The zero-order valence-electron chi connectivity index (χ0n) is 24.5. The highest BCUT2D eigenvalue weighted by molar-refractivity contribution is 7.51. The number of hydrogen-bond acceptors (Lipinski definition) is 5. The van der Waals surface area contributed by atoms with Crippen LogP contribution in [0, 0.1) is 0 Å². The molecule has 0 bridgehead atoms. The van der Waals surface area contributed by atoms with Crippen molar-refractivity contribution in [1.29, 1.82) is 0 Å². The summed E-state index contributed by atoms with van der Waals surface area (Å²) >= 11 is 14.9. The van der Waals surface area contributed by atoms with E-state index in [1.807, 2.05) is 82.5 Å². The Morgan fingerprint density at radius 2 is 0.872 bits per heavy atom. The van der Waals surface area contributed by atoms with Gasteiger partial charge in [0.05, 0.1) is 34.1 Å². The molecule has 3 aromatic heterocycles. The van der Waals surface area contributed by atoms with Crippen molar-refractivity contribution in [1.82, 2.24) is 8.75 Å². The predicted octanol–water partition coefficient (Wildman–Crippen LogP) is 6.36. The maximum absolute atomic E-state index is 11.3. The number of benzene rings is 3. The van der Waals surface area contributed by atoms with E-state index in [1.54, 1.807) is 24.3 Å². The van der Waals surface area contributed by atoms with Gasteiger partial charge in [-0.05, 0) is 22.3 Å². The SMILES string of the molecule is O=P(O)(O)Cc1ccc(C[n+]2ccc(-c3c(Cl)c(Cl)c(-c4cc[n+](Cc5ccc(CP(=O)(O)O)cc5)cc4)c4nsnc34)cc2)cc1. The molecule has 0 saturated heterocycles. The molecular weight excluding hydrogens is 701 g/mol. The molecule has 3 aromatic carbocycles. The molecular formula is C32H28Cl2N4O6P2S+2. The Kier molecular flexibility index (Phi) is 9.74. The van der Waals surface area contributed by atoms with Gasteiger partial charge in [-0.1, -0.05) is 71.7 Å². The van der Waals surface area contributed by atoms with E-state index < -0.39 is 15.2 Å². The van der Waals surface area contributed by atoms with Crippen molar-refractivity contribution in [3.8, 4) is 22.3 Å². The smallest absolute Gasteiger partial charge is 0.324 e. The highest BCUT2D eigenvalue weighted by Crippen LogP contribution is 2.46. The summed E-state index contributed by atoms with van der Waals surface area (Å²) in [5.74, 6) is 0. The van der Waals surface area contributed by atoms with Gasteiger partial charge >= 0.3 is 15.2 Å². The van der Waals surface area contributed by atoms with Gasteiger partial charge in [0.1, 0.15) is 11.0 Å². The van der Waals surface area contributed by atoms with Gasteiger partial charge in [0.15, 0.2) is 37.9 Å². The zero-order chi connectivity index (χ0) is 33.3. The number of nitrogens with zero attached hydrogens (tertiary/aromatic N) is 4. The van der Waals surface area contributed by atoms with Gasteiger partial charge in [-0.2, -0.15) is 8.75 Å². The first kappa shape index (κ1) is 33.6. The van der Waals surface area contributed by atoms with Gasteiger partial charge in [0.2, 0.25) is 0 Å². The van der Waals surface area contributed by atoms with E-state index >= 15 is 0 Å². The summed E-state index contributed by atoms with van der Waals surface area (Å²) in [6.07, 6.45) is 7.11. The molecule has 0 radical (unpaired) electrons. The Hall–Kier alpha value is -3.34. The Morgan fingerprint density at radius 3 is 1.19 bits per heavy atom. The fraction of sp³-hybridized carbons (Fsp3) is 0.125. The lowest BCUT2D eigenvalue weighted by Crippen LogP contribution is -2.33. The molecule has 0 aliphatic heterocycles. The van der Waals surface area contributed by atoms with Crippen molar-refractivity contribution in [2.75, 3.05) is 0 Å². The van der Waals surface area contributed by atoms with Crippen molar-refractivity contribution in [2.45, 2.75) is 25.4 Å². The van der Waals surface area contributed by atoms with Crippen LogP contribution < -0.4 is 9.13 Å². The summed E-state index contributed by atoms with van der Waals surface area (Å²) in [7, 11) is -8.24. The lowest BCUT2D eigenvalue weighted by molar-refractivity contribution is -0.688. The second kappa shape index (κ2) is 13.6. The first-order chi connectivity index (χ1) is 22.3. The van der Waals surface area contributed by atoms with Crippen LogP contribution in [0.15, 0.2) is 97.6 Å². The van der Waals surface area contributed by atoms with Crippen LogP contribution in [0.4, 0.5) is 0 Å². The minimum atomic E-state index is -4.12. The fourth-order valence-electron chi connectivity index (χ4n) is 5.33. The lowest BCUT2D eigenvalue weighted by Gasteiger charge is -2.12. The minimum absolute atomic E-state index is 0.288. The number of hydrogen-bond donors (Lipinski definition) is 4. The van der Waals surface area contributed by atoms with Crippen LogP contribution in [0.5, 0.6) is 0 Å². The Morgan fingerprint density at radius 1 is 0.553 bits per heavy atom. The van der Waals surface area contributed by atoms with Crippen LogP contribution >= 0.6 is 50.1 Å². The van der Waals surface area contributed by atoms with Crippen LogP contribution in [0.25, 0.3) is 33.3 Å². The molecule has 15 heteroatoms. The quantitative estimate of drug-likeness (QED) is 0.0941. The third-order valence-corrected chi connectivity index (χ3v) is 10.4. The third-order valence-electron chi connectivity index (χ3n) is 7.51. The summed E-state index contributed by atoms with van der Waals surface area (Å²) in [6.45, 7) is 1.13. The van der Waals surface area contributed by atoms with E-state index in [2.05, 4.69) is 8.75 Å². The van der Waals surface area contributed by atoms with E-state index in [4.69, 9.17) is 23.2 Å². The second-order valence-corrected chi connectivity index (χ2v) is 15.7. The number of halogens is 2. The summed E-state index contributed by atoms with van der Waals surface area (Å²) in [5.41, 5.74) is 7.44. The van der Waals surface area contributed by atoms with E-state index in [0.717, 1.165) is 34.0 Å². The largest absolute Gasteiger partial charge is 0.329 e. The molecule has 3 heterocycles. The molecule has 0 saturated carbocycles.